The molecule has 0 aliphatic carbocycles. The molecule has 2 aliphatic heterocycles. The highest BCUT2D eigenvalue weighted by atomic mass is 16.2. The summed E-state index contributed by atoms with van der Waals surface area (Å²) in [5, 5.41) is 3.04. The van der Waals surface area contributed by atoms with Gasteiger partial charge in [-0.15, -0.1) is 0 Å². The molecule has 1 unspecified atom stereocenters. The number of hydrogen-bond donors (Lipinski definition) is 1. The largest absolute Gasteiger partial charge is 0.356 e. The summed E-state index contributed by atoms with van der Waals surface area (Å²) in [4.78, 5) is 36.9. The Morgan fingerprint density at radius 2 is 1.83 bits per heavy atom. The van der Waals surface area contributed by atoms with E-state index in [0.717, 1.165) is 64.5 Å². The second-order valence-corrected chi connectivity index (χ2v) is 9.92. The van der Waals surface area contributed by atoms with Crippen molar-refractivity contribution >= 4 is 17.6 Å². The molecule has 1 aromatic carbocycles. The van der Waals surface area contributed by atoms with Crippen LogP contribution in [-0.2, 0) is 16.1 Å². The van der Waals surface area contributed by atoms with E-state index in [9.17, 15) is 9.59 Å². The van der Waals surface area contributed by atoms with Gasteiger partial charge in [-0.05, 0) is 68.5 Å². The molecule has 0 radical (unpaired) electrons. The van der Waals surface area contributed by atoms with Crippen LogP contribution in [0.15, 0.2) is 42.6 Å². The van der Waals surface area contributed by atoms with Gasteiger partial charge in [-0.25, -0.2) is 4.98 Å². The molecular formula is C28H39N5O2. The van der Waals surface area contributed by atoms with Crippen molar-refractivity contribution in [1.29, 1.82) is 0 Å². The van der Waals surface area contributed by atoms with Crippen molar-refractivity contribution in [1.82, 2.24) is 20.1 Å². The van der Waals surface area contributed by atoms with E-state index in [2.05, 4.69) is 52.1 Å². The van der Waals surface area contributed by atoms with Crippen LogP contribution in [0.25, 0.3) is 0 Å². The number of nitrogens with one attached hydrogen (secondary N) is 1. The standard InChI is InChI=1S/C28H39N5O2/c1-22-8-9-24(20-23(22)2)21-31-14-5-6-25(10-13-30-27(34)11-15-31)28(35)33-18-16-32(17-19-33)26-7-3-4-12-29-26/h3-4,7-9,12,20,25H,5-6,10-11,13-19,21H2,1-2H3,(H,30,34). The molecule has 1 aromatic heterocycles. The summed E-state index contributed by atoms with van der Waals surface area (Å²) in [7, 11) is 0. The highest BCUT2D eigenvalue weighted by Crippen LogP contribution is 2.20. The molecule has 2 saturated heterocycles. The van der Waals surface area contributed by atoms with Crippen LogP contribution in [-0.4, -0.2) is 72.4 Å². The monoisotopic (exact) mass is 477 g/mol. The molecule has 35 heavy (non-hydrogen) atoms. The Kier molecular flexibility index (Phi) is 8.74. The van der Waals surface area contributed by atoms with Gasteiger partial charge in [0.05, 0.1) is 0 Å². The number of aromatic nitrogens is 1. The van der Waals surface area contributed by atoms with Crippen molar-refractivity contribution in [2.45, 2.75) is 46.1 Å². The summed E-state index contributed by atoms with van der Waals surface area (Å²) in [6.07, 6.45) is 4.84. The first-order valence-corrected chi connectivity index (χ1v) is 13.0. The second-order valence-electron chi connectivity index (χ2n) is 9.92. The minimum absolute atomic E-state index is 0.0433. The number of aryl methyl sites for hydroxylation is 2. The maximum atomic E-state index is 13.4. The third-order valence-corrected chi connectivity index (χ3v) is 7.39. The lowest BCUT2D eigenvalue weighted by molar-refractivity contribution is -0.136. The van der Waals surface area contributed by atoms with Crippen LogP contribution in [0.3, 0.4) is 0 Å². The molecule has 188 valence electrons. The number of benzene rings is 1. The van der Waals surface area contributed by atoms with Gasteiger partial charge in [0, 0.05) is 64.3 Å². The van der Waals surface area contributed by atoms with E-state index < -0.39 is 0 Å². The summed E-state index contributed by atoms with van der Waals surface area (Å²) in [6.45, 7) is 10.4. The molecule has 7 heteroatoms. The van der Waals surface area contributed by atoms with Gasteiger partial charge >= 0.3 is 0 Å². The average Bonchev–Trinajstić information content (AvgIpc) is 2.92. The van der Waals surface area contributed by atoms with Gasteiger partial charge in [-0.3, -0.25) is 14.5 Å². The fraction of sp³-hybridized carbons (Fsp3) is 0.536. The molecule has 1 N–H and O–H groups in total. The zero-order chi connectivity index (χ0) is 24.6. The molecule has 2 aliphatic rings. The fourth-order valence-electron chi connectivity index (χ4n) is 5.07. The lowest BCUT2D eigenvalue weighted by atomic mass is 9.96. The number of hydrogen-bond acceptors (Lipinski definition) is 5. The Morgan fingerprint density at radius 1 is 1.00 bits per heavy atom. The number of nitrogens with zero attached hydrogens (tertiary/aromatic N) is 4. The first kappa shape index (κ1) is 25.2. The number of rotatable bonds is 4. The third-order valence-electron chi connectivity index (χ3n) is 7.39. The summed E-state index contributed by atoms with van der Waals surface area (Å²) in [5.41, 5.74) is 3.88. The molecule has 2 amide bonds. The van der Waals surface area contributed by atoms with Gasteiger partial charge in [0.25, 0.3) is 0 Å². The molecule has 4 rings (SSSR count). The number of piperazine rings is 1. The highest BCUT2D eigenvalue weighted by Gasteiger charge is 2.28. The highest BCUT2D eigenvalue weighted by molar-refractivity contribution is 5.79. The van der Waals surface area contributed by atoms with Crippen LogP contribution < -0.4 is 10.2 Å². The average molecular weight is 478 g/mol. The van der Waals surface area contributed by atoms with Crippen LogP contribution in [0.5, 0.6) is 0 Å². The van der Waals surface area contributed by atoms with Crippen molar-refractivity contribution in [3.8, 4) is 0 Å². The number of pyridine rings is 1. The maximum Gasteiger partial charge on any atom is 0.225 e. The van der Waals surface area contributed by atoms with Crippen molar-refractivity contribution in [3.05, 3.63) is 59.3 Å². The van der Waals surface area contributed by atoms with Gasteiger partial charge in [-0.1, -0.05) is 24.3 Å². The first-order chi connectivity index (χ1) is 17.0. The number of carbonyl (C=O) groups is 2. The first-order valence-electron chi connectivity index (χ1n) is 13.0. The Labute approximate surface area is 209 Å². The van der Waals surface area contributed by atoms with Crippen LogP contribution in [0.2, 0.25) is 0 Å². The van der Waals surface area contributed by atoms with Gasteiger partial charge < -0.3 is 15.1 Å². The predicted octanol–water partition coefficient (Wildman–Crippen LogP) is 3.16. The molecule has 2 fully saturated rings. The van der Waals surface area contributed by atoms with Crippen molar-refractivity contribution in [3.63, 3.8) is 0 Å². The molecule has 0 saturated carbocycles. The van der Waals surface area contributed by atoms with Crippen LogP contribution in [0, 0.1) is 19.8 Å². The van der Waals surface area contributed by atoms with Crippen LogP contribution >= 0.6 is 0 Å². The fourth-order valence-corrected chi connectivity index (χ4v) is 5.07. The van der Waals surface area contributed by atoms with E-state index in [4.69, 9.17) is 0 Å². The molecule has 1 atom stereocenters. The van der Waals surface area contributed by atoms with E-state index in [1.807, 2.05) is 29.3 Å². The lowest BCUT2D eigenvalue weighted by Crippen LogP contribution is -2.51. The lowest BCUT2D eigenvalue weighted by Gasteiger charge is -2.37. The Balaban J connectivity index is 1.34. The van der Waals surface area contributed by atoms with E-state index in [-0.39, 0.29) is 17.7 Å². The van der Waals surface area contributed by atoms with Gasteiger partial charge in [0.15, 0.2) is 0 Å². The maximum absolute atomic E-state index is 13.4. The summed E-state index contributed by atoms with van der Waals surface area (Å²) in [6, 6.07) is 12.6. The Bertz CT molecular complexity index is 988. The van der Waals surface area contributed by atoms with Gasteiger partial charge in [-0.2, -0.15) is 0 Å². The zero-order valence-corrected chi connectivity index (χ0v) is 21.2. The van der Waals surface area contributed by atoms with Crippen LogP contribution in [0.4, 0.5) is 5.82 Å². The number of anilines is 1. The molecule has 7 nitrogen and oxygen atoms in total. The van der Waals surface area contributed by atoms with E-state index in [0.29, 0.717) is 19.4 Å². The minimum atomic E-state index is -0.0433. The smallest absolute Gasteiger partial charge is 0.225 e. The summed E-state index contributed by atoms with van der Waals surface area (Å²) >= 11 is 0. The number of amides is 2. The summed E-state index contributed by atoms with van der Waals surface area (Å²) in [5.74, 6) is 1.24. The Hall–Kier alpha value is -2.93. The minimum Gasteiger partial charge on any atom is -0.356 e. The van der Waals surface area contributed by atoms with E-state index in [1.165, 1.54) is 16.7 Å². The SMILES string of the molecule is Cc1ccc(CN2CCCC(C(=O)N3CCN(c4ccccn4)CC3)CCNC(=O)CC2)cc1C. The third kappa shape index (κ3) is 7.04. The van der Waals surface area contributed by atoms with E-state index >= 15 is 0 Å². The molecule has 0 spiro atoms. The molecular weight excluding hydrogens is 438 g/mol. The quantitative estimate of drug-likeness (QED) is 0.733. The van der Waals surface area contributed by atoms with Crippen molar-refractivity contribution < 1.29 is 9.59 Å². The molecule has 2 aromatic rings. The molecule has 3 heterocycles. The zero-order valence-electron chi connectivity index (χ0n) is 21.2. The van der Waals surface area contributed by atoms with E-state index in [1.54, 1.807) is 0 Å². The summed E-state index contributed by atoms with van der Waals surface area (Å²) < 4.78 is 0. The van der Waals surface area contributed by atoms with Crippen molar-refractivity contribution in [2.24, 2.45) is 5.92 Å². The van der Waals surface area contributed by atoms with Crippen LogP contribution in [0.1, 0.15) is 42.4 Å². The van der Waals surface area contributed by atoms with Gasteiger partial charge in [0.2, 0.25) is 11.8 Å². The molecule has 0 bridgehead atoms. The number of carbonyl (C=O) groups excluding carboxylic acids is 2. The normalized spacial score (nSPS) is 20.7. The topological polar surface area (TPSA) is 68.8 Å². The Morgan fingerprint density at radius 3 is 2.57 bits per heavy atom. The van der Waals surface area contributed by atoms with Gasteiger partial charge in [0.1, 0.15) is 5.82 Å². The second kappa shape index (κ2) is 12.2. The van der Waals surface area contributed by atoms with Crippen molar-refractivity contribution in [2.75, 3.05) is 50.7 Å². The predicted molar refractivity (Wildman–Crippen MR) is 139 cm³/mol.